The number of hydrogen-bond acceptors (Lipinski definition) is 6. The third-order valence-corrected chi connectivity index (χ3v) is 4.12. The highest BCUT2D eigenvalue weighted by molar-refractivity contribution is 5.82. The Morgan fingerprint density at radius 1 is 0.733 bits per heavy atom. The average molecular weight is 404 g/mol. The smallest absolute Gasteiger partial charge is 0.209 e. The predicted octanol–water partition coefficient (Wildman–Crippen LogP) is 2.20. The third kappa shape index (κ3) is 7.44. The summed E-state index contributed by atoms with van der Waals surface area (Å²) < 4.78 is 0. The lowest BCUT2D eigenvalue weighted by Gasteiger charge is -2.15. The number of nitrogens with two attached hydrogens (primary N) is 2. The first-order valence-electron chi connectivity index (χ1n) is 9.47. The van der Waals surface area contributed by atoms with Gasteiger partial charge in [0.15, 0.2) is 12.4 Å². The van der Waals surface area contributed by atoms with Gasteiger partial charge in [0, 0.05) is 37.9 Å². The zero-order valence-electron chi connectivity index (χ0n) is 16.6. The molecule has 10 nitrogen and oxygen atoms in total. The molecule has 4 N–H and O–H groups in total. The molecule has 30 heavy (non-hydrogen) atoms. The quantitative estimate of drug-likeness (QED) is 0.212. The van der Waals surface area contributed by atoms with Crippen molar-refractivity contribution in [2.45, 2.75) is 25.7 Å². The summed E-state index contributed by atoms with van der Waals surface area (Å²) in [5, 5.41) is 18.6. The van der Waals surface area contributed by atoms with Crippen LogP contribution in [0.4, 0.5) is 11.4 Å². The molecule has 0 aromatic carbocycles. The van der Waals surface area contributed by atoms with Crippen molar-refractivity contribution in [2.75, 3.05) is 13.1 Å². The molecule has 0 saturated heterocycles. The van der Waals surface area contributed by atoms with Crippen LogP contribution in [0.25, 0.3) is 0 Å². The standard InChI is InChI=1S/C20H24N10/c21-15-29(19(23)27-17-5-9-25-10-6-17)13-3-1-2-4-14-30(16-22)20(24)28-18-7-11-26-12-8-18/h5-12H,1-4,13-14H2,(H2,23,25,27)(H2,24,26,28). The van der Waals surface area contributed by atoms with Gasteiger partial charge < -0.3 is 11.5 Å². The van der Waals surface area contributed by atoms with Gasteiger partial charge in [-0.2, -0.15) is 10.5 Å². The van der Waals surface area contributed by atoms with Crippen molar-refractivity contribution in [1.82, 2.24) is 19.8 Å². The van der Waals surface area contributed by atoms with Crippen molar-refractivity contribution in [3.63, 3.8) is 0 Å². The highest BCUT2D eigenvalue weighted by Crippen LogP contribution is 2.11. The van der Waals surface area contributed by atoms with E-state index in [0.717, 1.165) is 25.7 Å². The lowest BCUT2D eigenvalue weighted by atomic mass is 10.2. The molecule has 2 aromatic heterocycles. The van der Waals surface area contributed by atoms with Crippen LogP contribution in [0.15, 0.2) is 59.0 Å². The van der Waals surface area contributed by atoms with E-state index in [-0.39, 0.29) is 11.9 Å². The van der Waals surface area contributed by atoms with Crippen LogP contribution in [0.5, 0.6) is 0 Å². The Kier molecular flexibility index (Phi) is 9.08. The SMILES string of the molecule is N#CN(CCCCCCN(C#N)C(N)=Nc1ccncc1)C(N)=Nc1ccncc1. The highest BCUT2D eigenvalue weighted by atomic mass is 15.2. The van der Waals surface area contributed by atoms with Crippen LogP contribution in [0, 0.1) is 22.9 Å². The molecule has 0 radical (unpaired) electrons. The van der Waals surface area contributed by atoms with Crippen LogP contribution in [0.1, 0.15) is 25.7 Å². The van der Waals surface area contributed by atoms with Crippen LogP contribution >= 0.6 is 0 Å². The molecule has 0 spiro atoms. The van der Waals surface area contributed by atoms with Gasteiger partial charge in [0.25, 0.3) is 0 Å². The predicted molar refractivity (Wildman–Crippen MR) is 114 cm³/mol. The fourth-order valence-electron chi connectivity index (χ4n) is 2.55. The van der Waals surface area contributed by atoms with Gasteiger partial charge in [-0.25, -0.2) is 19.8 Å². The Balaban J connectivity index is 1.72. The van der Waals surface area contributed by atoms with Crippen molar-refractivity contribution in [3.8, 4) is 12.4 Å². The van der Waals surface area contributed by atoms with Crippen molar-refractivity contribution < 1.29 is 0 Å². The Hall–Kier alpha value is -4.18. The molecule has 0 unspecified atom stereocenters. The van der Waals surface area contributed by atoms with Crippen LogP contribution in [-0.4, -0.2) is 44.8 Å². The lowest BCUT2D eigenvalue weighted by molar-refractivity contribution is 0.484. The number of guanidine groups is 2. The van der Waals surface area contributed by atoms with Gasteiger partial charge in [0.05, 0.1) is 11.4 Å². The third-order valence-electron chi connectivity index (χ3n) is 4.12. The Bertz CT molecular complexity index is 835. The number of nitrogens with zero attached hydrogens (tertiary/aromatic N) is 8. The van der Waals surface area contributed by atoms with Crippen molar-refractivity contribution in [3.05, 3.63) is 49.1 Å². The van der Waals surface area contributed by atoms with Gasteiger partial charge in [-0.05, 0) is 37.1 Å². The van der Waals surface area contributed by atoms with E-state index in [1.54, 1.807) is 49.1 Å². The number of nitriles is 2. The molecular weight excluding hydrogens is 380 g/mol. The topological polar surface area (TPSA) is 157 Å². The molecule has 2 rings (SSSR count). The molecule has 2 heterocycles. The second-order valence-electron chi connectivity index (χ2n) is 6.27. The van der Waals surface area contributed by atoms with E-state index < -0.39 is 0 Å². The van der Waals surface area contributed by atoms with E-state index in [2.05, 4.69) is 32.3 Å². The van der Waals surface area contributed by atoms with Gasteiger partial charge in [-0.3, -0.25) is 9.97 Å². The number of hydrogen-bond donors (Lipinski definition) is 2. The molecule has 0 amide bonds. The average Bonchev–Trinajstić information content (AvgIpc) is 2.77. The second-order valence-corrected chi connectivity index (χ2v) is 6.27. The van der Waals surface area contributed by atoms with E-state index in [4.69, 9.17) is 11.5 Å². The van der Waals surface area contributed by atoms with Crippen LogP contribution in [0.3, 0.4) is 0 Å². The molecule has 0 atom stereocenters. The first-order valence-corrected chi connectivity index (χ1v) is 9.47. The molecule has 0 aliphatic carbocycles. The fourth-order valence-corrected chi connectivity index (χ4v) is 2.55. The summed E-state index contributed by atoms with van der Waals surface area (Å²) in [5.74, 6) is 0.305. The monoisotopic (exact) mass is 404 g/mol. The summed E-state index contributed by atoms with van der Waals surface area (Å²) in [6.07, 6.45) is 13.9. The molecule has 0 aliphatic rings. The molecule has 10 heteroatoms. The Labute approximate surface area is 175 Å². The summed E-state index contributed by atoms with van der Waals surface area (Å²) in [5.41, 5.74) is 13.1. The van der Waals surface area contributed by atoms with E-state index in [0.29, 0.717) is 24.5 Å². The van der Waals surface area contributed by atoms with Gasteiger partial charge in [-0.15, -0.1) is 0 Å². The summed E-state index contributed by atoms with van der Waals surface area (Å²) in [7, 11) is 0. The Morgan fingerprint density at radius 2 is 1.10 bits per heavy atom. The van der Waals surface area contributed by atoms with Crippen molar-refractivity contribution in [2.24, 2.45) is 21.5 Å². The summed E-state index contributed by atoms with van der Waals surface area (Å²) >= 11 is 0. The maximum absolute atomic E-state index is 9.29. The molecular formula is C20H24N10. The van der Waals surface area contributed by atoms with Gasteiger partial charge in [0.2, 0.25) is 11.9 Å². The minimum atomic E-state index is 0.152. The first-order chi connectivity index (χ1) is 14.6. The largest absolute Gasteiger partial charge is 0.369 e. The molecule has 0 bridgehead atoms. The van der Waals surface area contributed by atoms with Crippen LogP contribution in [-0.2, 0) is 0 Å². The van der Waals surface area contributed by atoms with Crippen LogP contribution in [0.2, 0.25) is 0 Å². The van der Waals surface area contributed by atoms with E-state index in [1.165, 1.54) is 9.80 Å². The lowest BCUT2D eigenvalue weighted by Crippen LogP contribution is -2.34. The van der Waals surface area contributed by atoms with E-state index in [1.807, 2.05) is 0 Å². The van der Waals surface area contributed by atoms with Gasteiger partial charge >= 0.3 is 0 Å². The first kappa shape index (κ1) is 22.1. The summed E-state index contributed by atoms with van der Waals surface area (Å²) in [6, 6.07) is 6.86. The molecule has 0 fully saturated rings. The minimum absolute atomic E-state index is 0.152. The van der Waals surface area contributed by atoms with Crippen molar-refractivity contribution >= 4 is 23.3 Å². The maximum Gasteiger partial charge on any atom is 0.209 e. The molecule has 154 valence electrons. The zero-order valence-corrected chi connectivity index (χ0v) is 16.6. The molecule has 2 aromatic rings. The Morgan fingerprint density at radius 3 is 1.43 bits per heavy atom. The second kappa shape index (κ2) is 12.3. The van der Waals surface area contributed by atoms with Crippen LogP contribution < -0.4 is 11.5 Å². The number of pyridine rings is 2. The summed E-state index contributed by atoms with van der Waals surface area (Å²) in [6.45, 7) is 0.953. The maximum atomic E-state index is 9.29. The normalized spacial score (nSPS) is 11.4. The van der Waals surface area contributed by atoms with Gasteiger partial charge in [-0.1, -0.05) is 12.8 Å². The number of rotatable bonds is 9. The molecule has 0 aliphatic heterocycles. The fraction of sp³-hybridized carbons (Fsp3) is 0.300. The van der Waals surface area contributed by atoms with Crippen molar-refractivity contribution in [1.29, 1.82) is 10.5 Å². The number of unbranched alkanes of at least 4 members (excludes halogenated alkanes) is 3. The van der Waals surface area contributed by atoms with E-state index >= 15 is 0 Å². The van der Waals surface area contributed by atoms with Gasteiger partial charge in [0.1, 0.15) is 0 Å². The minimum Gasteiger partial charge on any atom is -0.369 e. The highest BCUT2D eigenvalue weighted by Gasteiger charge is 2.09. The number of aliphatic imine (C=N–C) groups is 2. The molecule has 0 saturated carbocycles. The summed E-state index contributed by atoms with van der Waals surface area (Å²) in [4.78, 5) is 19.0. The zero-order chi connectivity index (χ0) is 21.6. The van der Waals surface area contributed by atoms with E-state index in [9.17, 15) is 10.5 Å². The number of aromatic nitrogens is 2.